The Kier molecular flexibility index (Phi) is 6.30. The molecule has 0 nitrogen and oxygen atoms in total. The van der Waals surface area contributed by atoms with Crippen LogP contribution in [0.4, 0.5) is 0 Å². The molecule has 0 saturated carbocycles. The van der Waals surface area contributed by atoms with Gasteiger partial charge in [-0.15, -0.1) is 0 Å². The predicted molar refractivity (Wildman–Crippen MR) is 61.3 cm³/mol. The summed E-state index contributed by atoms with van der Waals surface area (Å²) in [6.45, 7) is 10.7. The molecular formula is C13H22. The van der Waals surface area contributed by atoms with E-state index in [0.29, 0.717) is 5.92 Å². The monoisotopic (exact) mass is 178 g/mol. The van der Waals surface area contributed by atoms with Crippen LogP contribution in [-0.2, 0) is 6.42 Å². The third kappa shape index (κ3) is 4.12. The Balaban J connectivity index is 0.000000671. The van der Waals surface area contributed by atoms with Crippen molar-refractivity contribution in [2.75, 3.05) is 0 Å². The van der Waals surface area contributed by atoms with E-state index in [4.69, 9.17) is 0 Å². The summed E-state index contributed by atoms with van der Waals surface area (Å²) < 4.78 is 0. The summed E-state index contributed by atoms with van der Waals surface area (Å²) in [5.74, 6) is 0.654. The highest BCUT2D eigenvalue weighted by atomic mass is 14.0. The Morgan fingerprint density at radius 1 is 1.15 bits per heavy atom. The minimum Gasteiger partial charge on any atom is -0.0683 e. The van der Waals surface area contributed by atoms with Gasteiger partial charge in [0.2, 0.25) is 0 Å². The molecule has 1 aromatic rings. The lowest BCUT2D eigenvalue weighted by atomic mass is 10.0. The molecule has 0 aliphatic rings. The van der Waals surface area contributed by atoms with Gasteiger partial charge in [-0.05, 0) is 23.5 Å². The predicted octanol–water partition coefficient (Wildman–Crippen LogP) is 4.40. The van der Waals surface area contributed by atoms with Gasteiger partial charge in [0, 0.05) is 0 Å². The van der Waals surface area contributed by atoms with Crippen LogP contribution >= 0.6 is 0 Å². The molecular weight excluding hydrogens is 156 g/mol. The van der Waals surface area contributed by atoms with Crippen LogP contribution in [-0.4, -0.2) is 0 Å². The van der Waals surface area contributed by atoms with Gasteiger partial charge in [0.1, 0.15) is 0 Å². The first-order chi connectivity index (χ1) is 6.24. The van der Waals surface area contributed by atoms with Crippen LogP contribution in [0.3, 0.4) is 0 Å². The molecule has 0 N–H and O–H groups in total. The number of rotatable bonds is 2. The van der Waals surface area contributed by atoms with E-state index in [1.54, 1.807) is 0 Å². The molecule has 0 aliphatic heterocycles. The van der Waals surface area contributed by atoms with Crippen molar-refractivity contribution in [1.29, 1.82) is 0 Å². The van der Waals surface area contributed by atoms with Crippen molar-refractivity contribution in [2.24, 2.45) is 0 Å². The molecule has 0 spiro atoms. The van der Waals surface area contributed by atoms with E-state index in [1.807, 2.05) is 13.8 Å². The van der Waals surface area contributed by atoms with Crippen molar-refractivity contribution >= 4 is 0 Å². The van der Waals surface area contributed by atoms with Crippen LogP contribution in [0.25, 0.3) is 0 Å². The molecule has 0 radical (unpaired) electrons. The largest absolute Gasteiger partial charge is 0.0683 e. The summed E-state index contributed by atoms with van der Waals surface area (Å²) in [5.41, 5.74) is 2.89. The zero-order valence-corrected chi connectivity index (χ0v) is 9.59. The minimum atomic E-state index is 0.654. The second-order valence-electron chi connectivity index (χ2n) is 3.25. The summed E-state index contributed by atoms with van der Waals surface area (Å²) in [5, 5.41) is 0. The van der Waals surface area contributed by atoms with Gasteiger partial charge in [-0.2, -0.15) is 0 Å². The molecule has 0 amide bonds. The second-order valence-corrected chi connectivity index (χ2v) is 3.25. The van der Waals surface area contributed by atoms with Crippen molar-refractivity contribution in [3.63, 3.8) is 0 Å². The number of benzene rings is 1. The maximum atomic E-state index is 2.30. The van der Waals surface area contributed by atoms with Crippen LogP contribution in [0.15, 0.2) is 24.3 Å². The number of hydrogen-bond donors (Lipinski definition) is 0. The van der Waals surface area contributed by atoms with Crippen LogP contribution in [0.2, 0.25) is 0 Å². The molecule has 13 heavy (non-hydrogen) atoms. The Morgan fingerprint density at radius 3 is 2.23 bits per heavy atom. The highest BCUT2D eigenvalue weighted by molar-refractivity contribution is 5.25. The highest BCUT2D eigenvalue weighted by Crippen LogP contribution is 2.15. The van der Waals surface area contributed by atoms with Crippen molar-refractivity contribution in [3.8, 4) is 0 Å². The van der Waals surface area contributed by atoms with Gasteiger partial charge >= 0.3 is 0 Å². The van der Waals surface area contributed by atoms with Gasteiger partial charge in [-0.3, -0.25) is 0 Å². The molecule has 1 rings (SSSR count). The topological polar surface area (TPSA) is 0 Å². The molecule has 1 aromatic carbocycles. The quantitative estimate of drug-likeness (QED) is 0.629. The zero-order valence-electron chi connectivity index (χ0n) is 9.59. The smallest absolute Gasteiger partial charge is 0.0219 e. The van der Waals surface area contributed by atoms with E-state index < -0.39 is 0 Å². The summed E-state index contributed by atoms with van der Waals surface area (Å²) >= 11 is 0. The van der Waals surface area contributed by atoms with Crippen molar-refractivity contribution in [1.82, 2.24) is 0 Å². The van der Waals surface area contributed by atoms with Crippen molar-refractivity contribution in [2.45, 2.75) is 47.0 Å². The summed E-state index contributed by atoms with van der Waals surface area (Å²) in [4.78, 5) is 0. The van der Waals surface area contributed by atoms with E-state index in [9.17, 15) is 0 Å². The molecule has 0 heterocycles. The SMILES string of the molecule is CC.CCc1cccc(C(C)C)c1. The molecule has 0 fully saturated rings. The molecule has 0 aliphatic carbocycles. The first-order valence-corrected chi connectivity index (χ1v) is 5.33. The molecule has 74 valence electrons. The van der Waals surface area contributed by atoms with Gasteiger partial charge in [-0.1, -0.05) is 58.9 Å². The lowest BCUT2D eigenvalue weighted by molar-refractivity contribution is 0.862. The van der Waals surface area contributed by atoms with E-state index in [2.05, 4.69) is 45.0 Å². The van der Waals surface area contributed by atoms with Crippen molar-refractivity contribution in [3.05, 3.63) is 35.4 Å². The standard InChI is InChI=1S/C11H16.C2H6/c1-4-10-6-5-7-11(8-10)9(2)3;1-2/h5-9H,4H2,1-3H3;1-2H3. The van der Waals surface area contributed by atoms with Crippen LogP contribution < -0.4 is 0 Å². The third-order valence-electron chi connectivity index (χ3n) is 2.03. The van der Waals surface area contributed by atoms with E-state index in [0.717, 1.165) is 6.42 Å². The fourth-order valence-electron chi connectivity index (χ4n) is 1.17. The fourth-order valence-corrected chi connectivity index (χ4v) is 1.17. The molecule has 0 bridgehead atoms. The van der Waals surface area contributed by atoms with Gasteiger partial charge < -0.3 is 0 Å². The fraction of sp³-hybridized carbons (Fsp3) is 0.538. The molecule has 0 atom stereocenters. The number of aryl methyl sites for hydroxylation is 1. The zero-order chi connectivity index (χ0) is 10.3. The van der Waals surface area contributed by atoms with Crippen LogP contribution in [0.1, 0.15) is 51.7 Å². The van der Waals surface area contributed by atoms with Gasteiger partial charge in [0.25, 0.3) is 0 Å². The van der Waals surface area contributed by atoms with Gasteiger partial charge in [-0.25, -0.2) is 0 Å². The lowest BCUT2D eigenvalue weighted by Gasteiger charge is -2.05. The van der Waals surface area contributed by atoms with E-state index in [1.165, 1.54) is 11.1 Å². The second kappa shape index (κ2) is 6.71. The Morgan fingerprint density at radius 2 is 1.77 bits per heavy atom. The average Bonchev–Trinajstić information content (AvgIpc) is 2.21. The molecule has 0 saturated heterocycles. The highest BCUT2D eigenvalue weighted by Gasteiger charge is 1.97. The van der Waals surface area contributed by atoms with Crippen molar-refractivity contribution < 1.29 is 0 Å². The van der Waals surface area contributed by atoms with Crippen LogP contribution in [0.5, 0.6) is 0 Å². The first kappa shape index (κ1) is 12.2. The minimum absolute atomic E-state index is 0.654. The van der Waals surface area contributed by atoms with E-state index >= 15 is 0 Å². The average molecular weight is 178 g/mol. The molecule has 0 heteroatoms. The first-order valence-electron chi connectivity index (χ1n) is 5.33. The molecule has 0 unspecified atom stereocenters. The number of hydrogen-bond acceptors (Lipinski definition) is 0. The van der Waals surface area contributed by atoms with E-state index in [-0.39, 0.29) is 0 Å². The van der Waals surface area contributed by atoms with Crippen LogP contribution in [0, 0.1) is 0 Å². The summed E-state index contributed by atoms with van der Waals surface area (Å²) in [7, 11) is 0. The van der Waals surface area contributed by atoms with Gasteiger partial charge in [0.05, 0.1) is 0 Å². The normalized spacial score (nSPS) is 9.38. The summed E-state index contributed by atoms with van der Waals surface area (Å²) in [6.07, 6.45) is 1.14. The van der Waals surface area contributed by atoms with Gasteiger partial charge in [0.15, 0.2) is 0 Å². The summed E-state index contributed by atoms with van der Waals surface area (Å²) in [6, 6.07) is 8.83. The Hall–Kier alpha value is -0.780. The maximum absolute atomic E-state index is 2.30. The maximum Gasteiger partial charge on any atom is -0.0219 e. The lowest BCUT2D eigenvalue weighted by Crippen LogP contribution is -1.88. The third-order valence-corrected chi connectivity index (χ3v) is 2.03. The molecule has 0 aromatic heterocycles. The Labute approximate surface area is 83.0 Å². The Bertz CT molecular complexity index is 223.